The van der Waals surface area contributed by atoms with Crippen LogP contribution in [0.15, 0.2) is 41.9 Å². The quantitative estimate of drug-likeness (QED) is 0.862. The molecule has 2 heterocycles. The molecule has 1 fully saturated rings. The van der Waals surface area contributed by atoms with Gasteiger partial charge in [0.05, 0.1) is 5.92 Å². The number of anilines is 1. The molecule has 1 aliphatic heterocycles. The number of likely N-dealkylation sites (tertiary alicyclic amines) is 1. The van der Waals surface area contributed by atoms with E-state index in [0.717, 1.165) is 32.2 Å². The van der Waals surface area contributed by atoms with Gasteiger partial charge in [0.1, 0.15) is 0 Å². The Morgan fingerprint density at radius 3 is 2.88 bits per heavy atom. The van der Waals surface area contributed by atoms with Gasteiger partial charge < -0.3 is 10.2 Å². The molecular weight excluding hydrogens is 334 g/mol. The van der Waals surface area contributed by atoms with Crippen molar-refractivity contribution in [1.29, 1.82) is 0 Å². The number of hydrogen-bond acceptors (Lipinski definition) is 4. The standard InChI is InChI=1S/C19H23N3O2S/c23-17(10-4-8-15-6-2-1-3-7-15)22-12-5-9-16(14-22)18(24)21-19-20-11-13-25-19/h1-3,6-7,11,13,16H,4-5,8-10,12,14H2,(H,20,21,24)/t16-/m0/s1. The summed E-state index contributed by atoms with van der Waals surface area (Å²) in [4.78, 5) is 30.7. The second-order valence-electron chi connectivity index (χ2n) is 6.34. The number of aryl methyl sites for hydroxylation is 1. The number of carbonyl (C=O) groups is 2. The highest BCUT2D eigenvalue weighted by Gasteiger charge is 2.28. The van der Waals surface area contributed by atoms with E-state index in [4.69, 9.17) is 0 Å². The molecule has 1 atom stereocenters. The second-order valence-corrected chi connectivity index (χ2v) is 7.24. The molecule has 1 saturated heterocycles. The lowest BCUT2D eigenvalue weighted by atomic mass is 9.96. The third kappa shape index (κ3) is 5.13. The number of carbonyl (C=O) groups excluding carboxylic acids is 2. The summed E-state index contributed by atoms with van der Waals surface area (Å²) in [5.41, 5.74) is 1.26. The lowest BCUT2D eigenvalue weighted by Gasteiger charge is -2.32. The number of benzene rings is 1. The predicted octanol–water partition coefficient (Wildman–Crippen LogP) is 3.34. The van der Waals surface area contributed by atoms with Crippen LogP contribution in [0.5, 0.6) is 0 Å². The van der Waals surface area contributed by atoms with Crippen LogP contribution in [-0.2, 0) is 16.0 Å². The summed E-state index contributed by atoms with van der Waals surface area (Å²) in [6, 6.07) is 10.2. The van der Waals surface area contributed by atoms with E-state index in [1.807, 2.05) is 28.5 Å². The van der Waals surface area contributed by atoms with Gasteiger partial charge in [0.2, 0.25) is 11.8 Å². The van der Waals surface area contributed by atoms with Crippen molar-refractivity contribution in [3.8, 4) is 0 Å². The number of thiazole rings is 1. The number of nitrogens with zero attached hydrogens (tertiary/aromatic N) is 2. The van der Waals surface area contributed by atoms with Crippen molar-refractivity contribution in [2.75, 3.05) is 18.4 Å². The summed E-state index contributed by atoms with van der Waals surface area (Å²) in [7, 11) is 0. The van der Waals surface area contributed by atoms with Gasteiger partial charge in [0, 0.05) is 31.1 Å². The molecule has 25 heavy (non-hydrogen) atoms. The predicted molar refractivity (Wildman–Crippen MR) is 99.4 cm³/mol. The molecule has 6 heteroatoms. The molecule has 132 valence electrons. The molecule has 1 aliphatic rings. The third-order valence-electron chi connectivity index (χ3n) is 4.51. The van der Waals surface area contributed by atoms with Crippen molar-refractivity contribution in [1.82, 2.24) is 9.88 Å². The molecule has 2 aromatic rings. The maximum absolute atomic E-state index is 12.5. The number of rotatable bonds is 6. The van der Waals surface area contributed by atoms with Crippen LogP contribution < -0.4 is 5.32 Å². The first-order valence-electron chi connectivity index (χ1n) is 8.74. The van der Waals surface area contributed by atoms with E-state index >= 15 is 0 Å². The maximum Gasteiger partial charge on any atom is 0.231 e. The van der Waals surface area contributed by atoms with E-state index in [0.29, 0.717) is 18.1 Å². The van der Waals surface area contributed by atoms with Crippen LogP contribution in [0.25, 0.3) is 0 Å². The van der Waals surface area contributed by atoms with Crippen molar-refractivity contribution in [2.45, 2.75) is 32.1 Å². The van der Waals surface area contributed by atoms with Crippen LogP contribution in [0.3, 0.4) is 0 Å². The fourth-order valence-corrected chi connectivity index (χ4v) is 3.69. The number of nitrogens with one attached hydrogen (secondary N) is 1. The first-order chi connectivity index (χ1) is 12.2. The average molecular weight is 357 g/mol. The van der Waals surface area contributed by atoms with E-state index < -0.39 is 0 Å². The van der Waals surface area contributed by atoms with Crippen LogP contribution in [-0.4, -0.2) is 34.8 Å². The van der Waals surface area contributed by atoms with E-state index in [2.05, 4.69) is 22.4 Å². The molecule has 0 radical (unpaired) electrons. The highest BCUT2D eigenvalue weighted by Crippen LogP contribution is 2.20. The summed E-state index contributed by atoms with van der Waals surface area (Å²) in [6.45, 7) is 1.27. The Bertz CT molecular complexity index is 688. The minimum absolute atomic E-state index is 0.0308. The van der Waals surface area contributed by atoms with E-state index in [1.54, 1.807) is 6.20 Å². The Labute approximate surface area is 152 Å². The minimum atomic E-state index is -0.143. The van der Waals surface area contributed by atoms with Crippen molar-refractivity contribution < 1.29 is 9.59 Å². The van der Waals surface area contributed by atoms with Crippen molar-refractivity contribution in [2.24, 2.45) is 5.92 Å². The van der Waals surface area contributed by atoms with Crippen molar-refractivity contribution in [3.63, 3.8) is 0 Å². The zero-order valence-corrected chi connectivity index (χ0v) is 15.0. The molecule has 5 nitrogen and oxygen atoms in total. The lowest BCUT2D eigenvalue weighted by Crippen LogP contribution is -2.43. The highest BCUT2D eigenvalue weighted by molar-refractivity contribution is 7.13. The third-order valence-corrected chi connectivity index (χ3v) is 5.19. The fourth-order valence-electron chi connectivity index (χ4n) is 3.16. The zero-order chi connectivity index (χ0) is 17.5. The van der Waals surface area contributed by atoms with Crippen molar-refractivity contribution in [3.05, 3.63) is 47.5 Å². The molecule has 0 aliphatic carbocycles. The fraction of sp³-hybridized carbons (Fsp3) is 0.421. The highest BCUT2D eigenvalue weighted by atomic mass is 32.1. The van der Waals surface area contributed by atoms with Crippen LogP contribution >= 0.6 is 11.3 Å². The Hall–Kier alpha value is -2.21. The van der Waals surface area contributed by atoms with E-state index in [9.17, 15) is 9.59 Å². The summed E-state index contributed by atoms with van der Waals surface area (Å²) in [5, 5.41) is 5.30. The Morgan fingerprint density at radius 2 is 2.12 bits per heavy atom. The summed E-state index contributed by atoms with van der Waals surface area (Å²) in [6.07, 6.45) is 5.66. The van der Waals surface area contributed by atoms with Crippen LogP contribution in [0.4, 0.5) is 5.13 Å². The molecule has 0 saturated carbocycles. The molecule has 3 rings (SSSR count). The molecular formula is C19H23N3O2S. The average Bonchev–Trinajstić information content (AvgIpc) is 3.15. The summed E-state index contributed by atoms with van der Waals surface area (Å²) in [5.74, 6) is -0.0184. The van der Waals surface area contributed by atoms with Gasteiger partial charge in [0.15, 0.2) is 5.13 Å². The lowest BCUT2D eigenvalue weighted by molar-refractivity contribution is -0.134. The number of amides is 2. The van der Waals surface area contributed by atoms with Crippen LogP contribution in [0.1, 0.15) is 31.2 Å². The van der Waals surface area contributed by atoms with Crippen LogP contribution in [0, 0.1) is 5.92 Å². The maximum atomic E-state index is 12.5. The summed E-state index contributed by atoms with van der Waals surface area (Å²) < 4.78 is 0. The molecule has 1 N–H and O–H groups in total. The topological polar surface area (TPSA) is 62.3 Å². The monoisotopic (exact) mass is 357 g/mol. The first kappa shape index (κ1) is 17.6. The number of hydrogen-bond donors (Lipinski definition) is 1. The second kappa shape index (κ2) is 8.76. The van der Waals surface area contributed by atoms with Gasteiger partial charge in [-0.2, -0.15) is 0 Å². The molecule has 2 amide bonds. The Morgan fingerprint density at radius 1 is 1.28 bits per heavy atom. The van der Waals surface area contributed by atoms with Gasteiger partial charge in [-0.1, -0.05) is 30.3 Å². The summed E-state index contributed by atoms with van der Waals surface area (Å²) >= 11 is 1.41. The molecule has 1 aromatic heterocycles. The van der Waals surface area contributed by atoms with Gasteiger partial charge in [0.25, 0.3) is 0 Å². The molecule has 0 spiro atoms. The number of aromatic nitrogens is 1. The SMILES string of the molecule is O=C(Nc1nccs1)[C@H]1CCCN(C(=O)CCCc2ccccc2)C1. The van der Waals surface area contributed by atoms with Gasteiger partial charge in [-0.05, 0) is 31.2 Å². The molecule has 0 unspecified atom stereocenters. The van der Waals surface area contributed by atoms with E-state index in [1.165, 1.54) is 16.9 Å². The van der Waals surface area contributed by atoms with Crippen molar-refractivity contribution >= 4 is 28.3 Å². The normalized spacial score (nSPS) is 17.3. The van der Waals surface area contributed by atoms with Crippen LogP contribution in [0.2, 0.25) is 0 Å². The van der Waals surface area contributed by atoms with E-state index in [-0.39, 0.29) is 17.7 Å². The minimum Gasteiger partial charge on any atom is -0.342 e. The van der Waals surface area contributed by atoms with Gasteiger partial charge >= 0.3 is 0 Å². The van der Waals surface area contributed by atoms with Gasteiger partial charge in [-0.3, -0.25) is 9.59 Å². The first-order valence-corrected chi connectivity index (χ1v) is 9.62. The smallest absolute Gasteiger partial charge is 0.231 e. The zero-order valence-electron chi connectivity index (χ0n) is 14.2. The Balaban J connectivity index is 1.45. The number of piperidine rings is 1. The Kier molecular flexibility index (Phi) is 6.17. The van der Waals surface area contributed by atoms with Gasteiger partial charge in [-0.25, -0.2) is 4.98 Å². The molecule has 1 aromatic carbocycles. The molecule has 0 bridgehead atoms. The van der Waals surface area contributed by atoms with Gasteiger partial charge in [-0.15, -0.1) is 11.3 Å². The largest absolute Gasteiger partial charge is 0.342 e.